The molecule has 3 heterocycles. The number of H-pyrrole nitrogens is 1. The maximum atomic E-state index is 12.8. The van der Waals surface area contributed by atoms with E-state index in [1.54, 1.807) is 53.9 Å². The number of hydrogen-bond donors (Lipinski definition) is 2. The molecule has 5 rings (SSSR count). The smallest absolute Gasteiger partial charge is 0.256 e. The van der Waals surface area contributed by atoms with Crippen LogP contribution in [0, 0.1) is 0 Å². The number of carbonyl (C=O) groups is 2. The van der Waals surface area contributed by atoms with Crippen molar-refractivity contribution in [2.45, 2.75) is 6.42 Å². The second-order valence-corrected chi connectivity index (χ2v) is 8.53. The number of imidazole rings is 1. The van der Waals surface area contributed by atoms with Crippen LogP contribution in [0.15, 0.2) is 84.4 Å². The number of carbonyl (C=O) groups excluding carboxylic acids is 2. The molecule has 2 N–H and O–H groups in total. The summed E-state index contributed by atoms with van der Waals surface area (Å²) in [5, 5.41) is 4.92. The fourth-order valence-electron chi connectivity index (χ4n) is 3.48. The average Bonchev–Trinajstić information content (AvgIpc) is 3.54. The molecule has 0 bridgehead atoms. The second kappa shape index (κ2) is 9.68. The first-order chi connectivity index (χ1) is 16.7. The van der Waals surface area contributed by atoms with Gasteiger partial charge in [0.15, 0.2) is 5.82 Å². The zero-order chi connectivity index (χ0) is 23.3. The Morgan fingerprint density at radius 3 is 2.62 bits per heavy atom. The number of rotatable bonds is 8. The van der Waals surface area contributed by atoms with E-state index < -0.39 is 0 Å². The van der Waals surface area contributed by atoms with Crippen LogP contribution in [0.25, 0.3) is 11.0 Å². The molecule has 0 atom stereocenters. The molecule has 0 radical (unpaired) electrons. The molecule has 168 valence electrons. The first-order valence-corrected chi connectivity index (χ1v) is 11.6. The number of hydrogen-bond acceptors (Lipinski definition) is 6. The monoisotopic (exact) mass is 468 g/mol. The van der Waals surface area contributed by atoms with Gasteiger partial charge in [0.2, 0.25) is 11.7 Å². The van der Waals surface area contributed by atoms with E-state index in [9.17, 15) is 9.59 Å². The van der Waals surface area contributed by atoms with Gasteiger partial charge in [0.1, 0.15) is 11.3 Å². The van der Waals surface area contributed by atoms with E-state index in [0.717, 1.165) is 17.5 Å². The molecule has 5 aromatic rings. The third-order valence-corrected chi connectivity index (χ3v) is 6.12. The summed E-state index contributed by atoms with van der Waals surface area (Å²) in [6, 6.07) is 21.5. The lowest BCUT2D eigenvalue weighted by Crippen LogP contribution is -2.26. The zero-order valence-corrected chi connectivity index (χ0v) is 18.8. The van der Waals surface area contributed by atoms with Crippen molar-refractivity contribution in [3.05, 3.63) is 106 Å². The lowest BCUT2D eigenvalue weighted by molar-refractivity contribution is 0.0950. The Kier molecular flexibility index (Phi) is 6.13. The maximum Gasteiger partial charge on any atom is 0.256 e. The van der Waals surface area contributed by atoms with Crippen molar-refractivity contribution in [2.75, 3.05) is 6.54 Å². The minimum absolute atomic E-state index is 0.201. The Hall–Kier alpha value is -4.30. The fraction of sp³-hybridized carbons (Fsp3) is 0.0769. The van der Waals surface area contributed by atoms with Crippen molar-refractivity contribution in [2.24, 2.45) is 0 Å². The van der Waals surface area contributed by atoms with E-state index >= 15 is 0 Å². The van der Waals surface area contributed by atoms with Crippen LogP contribution in [0.5, 0.6) is 11.6 Å². The highest BCUT2D eigenvalue weighted by molar-refractivity contribution is 7.09. The van der Waals surface area contributed by atoms with Crippen LogP contribution in [0.2, 0.25) is 0 Å². The molecule has 2 aromatic carbocycles. The molecule has 1 amide bonds. The molecule has 3 aromatic heterocycles. The molecular weight excluding hydrogens is 448 g/mol. The Morgan fingerprint density at radius 1 is 0.971 bits per heavy atom. The Morgan fingerprint density at radius 2 is 1.82 bits per heavy atom. The van der Waals surface area contributed by atoms with Gasteiger partial charge in [-0.1, -0.05) is 18.2 Å². The minimum Gasteiger partial charge on any atom is -0.438 e. The summed E-state index contributed by atoms with van der Waals surface area (Å²) in [4.78, 5) is 38.3. The highest BCUT2D eigenvalue weighted by Gasteiger charge is 2.16. The van der Waals surface area contributed by atoms with Gasteiger partial charge >= 0.3 is 0 Å². The maximum absolute atomic E-state index is 12.8. The van der Waals surface area contributed by atoms with Crippen molar-refractivity contribution in [3.63, 3.8) is 0 Å². The summed E-state index contributed by atoms with van der Waals surface area (Å²) in [7, 11) is 0. The number of amides is 1. The number of ketones is 1. The minimum atomic E-state index is -0.253. The normalized spacial score (nSPS) is 10.8. The first kappa shape index (κ1) is 21.5. The number of pyridine rings is 1. The van der Waals surface area contributed by atoms with Gasteiger partial charge in [-0.05, 0) is 66.4 Å². The van der Waals surface area contributed by atoms with E-state index in [1.807, 2.05) is 41.8 Å². The van der Waals surface area contributed by atoms with Gasteiger partial charge in [0.05, 0.1) is 11.0 Å². The number of thiophene rings is 1. The highest BCUT2D eigenvalue weighted by atomic mass is 32.1. The summed E-state index contributed by atoms with van der Waals surface area (Å²) in [5.41, 5.74) is 2.36. The van der Waals surface area contributed by atoms with E-state index in [0.29, 0.717) is 23.4 Å². The predicted octanol–water partition coefficient (Wildman–Crippen LogP) is 5.02. The van der Waals surface area contributed by atoms with Crippen LogP contribution in [-0.2, 0) is 6.42 Å². The molecular formula is C26H20N4O3S. The standard InChI is InChI=1S/C26H20N4O3S/c31-23(24-29-21-7-1-2-8-22(21)30-24)17-9-11-18(12-10-17)33-26-20(6-3-14-28-26)25(32)27-15-13-19-5-4-16-34-19/h1-12,14,16H,13,15H2,(H,27,32)(H,29,30). The van der Waals surface area contributed by atoms with E-state index in [2.05, 4.69) is 20.3 Å². The van der Waals surface area contributed by atoms with Crippen molar-refractivity contribution in [3.8, 4) is 11.6 Å². The molecule has 0 unspecified atom stereocenters. The summed E-state index contributed by atoms with van der Waals surface area (Å²) < 4.78 is 5.87. The fourth-order valence-corrected chi connectivity index (χ4v) is 4.19. The molecule has 0 saturated heterocycles. The number of nitrogens with one attached hydrogen (secondary N) is 2. The van der Waals surface area contributed by atoms with Crippen LogP contribution < -0.4 is 10.1 Å². The molecule has 8 heteroatoms. The van der Waals surface area contributed by atoms with Gasteiger partial charge in [-0.3, -0.25) is 9.59 Å². The van der Waals surface area contributed by atoms with Crippen LogP contribution in [0.4, 0.5) is 0 Å². The number of nitrogens with zero attached hydrogens (tertiary/aromatic N) is 2. The molecule has 0 aliphatic rings. The van der Waals surface area contributed by atoms with E-state index in [4.69, 9.17) is 4.74 Å². The van der Waals surface area contributed by atoms with Crippen molar-refractivity contribution in [1.29, 1.82) is 0 Å². The molecule has 7 nitrogen and oxygen atoms in total. The molecule has 0 saturated carbocycles. The third kappa shape index (κ3) is 4.72. The molecule has 0 aliphatic heterocycles. The number of aromatic amines is 1. The van der Waals surface area contributed by atoms with Crippen molar-refractivity contribution >= 4 is 34.1 Å². The van der Waals surface area contributed by atoms with Gasteiger partial charge in [0.25, 0.3) is 5.91 Å². The van der Waals surface area contributed by atoms with Crippen molar-refractivity contribution < 1.29 is 14.3 Å². The van der Waals surface area contributed by atoms with Gasteiger partial charge in [-0.15, -0.1) is 11.3 Å². The summed E-state index contributed by atoms with van der Waals surface area (Å²) >= 11 is 1.66. The average molecular weight is 469 g/mol. The molecule has 0 spiro atoms. The molecule has 0 aliphatic carbocycles. The quantitative estimate of drug-likeness (QED) is 0.312. The number of para-hydroxylation sites is 2. The Bertz CT molecular complexity index is 1410. The van der Waals surface area contributed by atoms with Crippen LogP contribution in [0.3, 0.4) is 0 Å². The lowest BCUT2D eigenvalue weighted by Gasteiger charge is -2.10. The van der Waals surface area contributed by atoms with E-state index in [1.165, 1.54) is 4.88 Å². The largest absolute Gasteiger partial charge is 0.438 e. The van der Waals surface area contributed by atoms with Gasteiger partial charge in [-0.25, -0.2) is 9.97 Å². The number of aromatic nitrogens is 3. The number of ether oxygens (including phenoxy) is 1. The van der Waals surface area contributed by atoms with E-state index in [-0.39, 0.29) is 23.4 Å². The third-order valence-electron chi connectivity index (χ3n) is 5.19. The topological polar surface area (TPSA) is 97.0 Å². The number of benzene rings is 2. The number of fused-ring (bicyclic) bond motifs is 1. The zero-order valence-electron chi connectivity index (χ0n) is 18.0. The van der Waals surface area contributed by atoms with Crippen LogP contribution in [-0.4, -0.2) is 33.2 Å². The summed E-state index contributed by atoms with van der Waals surface area (Å²) in [6.07, 6.45) is 2.33. The van der Waals surface area contributed by atoms with Gasteiger partial charge in [-0.2, -0.15) is 0 Å². The SMILES string of the molecule is O=C(c1ccc(Oc2ncccc2C(=O)NCCc2cccs2)cc1)c1nc2ccccc2[nH]1. The van der Waals surface area contributed by atoms with Gasteiger partial charge < -0.3 is 15.0 Å². The highest BCUT2D eigenvalue weighted by Crippen LogP contribution is 2.24. The van der Waals surface area contributed by atoms with Gasteiger partial charge in [0, 0.05) is 23.2 Å². The van der Waals surface area contributed by atoms with Crippen LogP contribution in [0.1, 0.15) is 31.4 Å². The second-order valence-electron chi connectivity index (χ2n) is 7.50. The summed E-state index contributed by atoms with van der Waals surface area (Å²) in [6.45, 7) is 0.520. The predicted molar refractivity (Wildman–Crippen MR) is 131 cm³/mol. The van der Waals surface area contributed by atoms with Crippen molar-refractivity contribution in [1.82, 2.24) is 20.3 Å². The molecule has 0 fully saturated rings. The molecule has 34 heavy (non-hydrogen) atoms. The Labute approximate surface area is 199 Å². The van der Waals surface area contributed by atoms with Crippen LogP contribution >= 0.6 is 11.3 Å². The first-order valence-electron chi connectivity index (χ1n) is 10.7. The summed E-state index contributed by atoms with van der Waals surface area (Å²) in [5.74, 6) is 0.476. The lowest BCUT2D eigenvalue weighted by atomic mass is 10.1. The Balaban J connectivity index is 1.26.